The third-order valence-electron chi connectivity index (χ3n) is 6.00. The highest BCUT2D eigenvalue weighted by atomic mass is 16.5. The number of carbonyl (C=O) groups excluding carboxylic acids is 2. The van der Waals surface area contributed by atoms with Gasteiger partial charge in [-0.25, -0.2) is 0 Å². The molecule has 2 fully saturated rings. The number of piperidine rings is 1. The predicted octanol–water partition coefficient (Wildman–Crippen LogP) is 3.15. The first-order valence-electron chi connectivity index (χ1n) is 10.5. The summed E-state index contributed by atoms with van der Waals surface area (Å²) in [5.74, 6) is 0.822. The number of ether oxygens (including phenoxy) is 2. The van der Waals surface area contributed by atoms with Gasteiger partial charge < -0.3 is 19.3 Å². The van der Waals surface area contributed by atoms with Crippen molar-refractivity contribution >= 4 is 11.8 Å². The standard InChI is InChI=1S/C24H28N2O4/c1-29-21-9-5-8-20(16-21)24(28)25-12-10-19(11-13-25)23(27)26-14-15-30-22(17-26)18-6-3-2-4-7-18/h2-9,16,19,22H,10-15,17H2,1H3. The molecule has 0 aliphatic carbocycles. The van der Waals surface area contributed by atoms with E-state index in [0.29, 0.717) is 56.9 Å². The second-order valence-electron chi connectivity index (χ2n) is 7.85. The maximum atomic E-state index is 13.1. The van der Waals surface area contributed by atoms with Gasteiger partial charge in [-0.1, -0.05) is 36.4 Å². The van der Waals surface area contributed by atoms with E-state index in [2.05, 4.69) is 0 Å². The van der Waals surface area contributed by atoms with Crippen LogP contribution in [0.2, 0.25) is 0 Å². The first-order valence-corrected chi connectivity index (χ1v) is 10.5. The summed E-state index contributed by atoms with van der Waals surface area (Å²) < 4.78 is 11.1. The van der Waals surface area contributed by atoms with Crippen molar-refractivity contribution in [1.29, 1.82) is 0 Å². The number of morpholine rings is 1. The molecule has 1 atom stereocenters. The van der Waals surface area contributed by atoms with Crippen molar-refractivity contribution in [3.05, 3.63) is 65.7 Å². The molecule has 2 saturated heterocycles. The van der Waals surface area contributed by atoms with Crippen LogP contribution in [0.25, 0.3) is 0 Å². The third-order valence-corrected chi connectivity index (χ3v) is 6.00. The van der Waals surface area contributed by atoms with Crippen molar-refractivity contribution in [3.8, 4) is 5.75 Å². The van der Waals surface area contributed by atoms with Crippen LogP contribution in [0.4, 0.5) is 0 Å². The van der Waals surface area contributed by atoms with Gasteiger partial charge in [-0.2, -0.15) is 0 Å². The van der Waals surface area contributed by atoms with Gasteiger partial charge in [-0.15, -0.1) is 0 Å². The maximum absolute atomic E-state index is 13.1. The first kappa shape index (κ1) is 20.4. The quantitative estimate of drug-likeness (QED) is 0.780. The molecule has 6 nitrogen and oxygen atoms in total. The van der Waals surface area contributed by atoms with Gasteiger partial charge in [-0.05, 0) is 36.6 Å². The molecule has 2 heterocycles. The van der Waals surface area contributed by atoms with Crippen LogP contribution in [-0.4, -0.2) is 61.5 Å². The summed E-state index contributed by atoms with van der Waals surface area (Å²) in [7, 11) is 1.59. The monoisotopic (exact) mass is 408 g/mol. The summed E-state index contributed by atoms with van der Waals surface area (Å²) in [6, 6.07) is 17.3. The Hall–Kier alpha value is -2.86. The molecule has 0 N–H and O–H groups in total. The van der Waals surface area contributed by atoms with Crippen LogP contribution in [0.5, 0.6) is 5.75 Å². The summed E-state index contributed by atoms with van der Waals surface area (Å²) in [6.07, 6.45) is 1.32. The molecule has 2 amide bonds. The van der Waals surface area contributed by atoms with Crippen LogP contribution in [0.1, 0.15) is 34.9 Å². The van der Waals surface area contributed by atoms with Crippen LogP contribution in [0.3, 0.4) is 0 Å². The number of hydrogen-bond donors (Lipinski definition) is 0. The Morgan fingerprint density at radius 1 is 0.967 bits per heavy atom. The number of carbonyl (C=O) groups is 2. The molecule has 2 aromatic carbocycles. The summed E-state index contributed by atoms with van der Waals surface area (Å²) in [6.45, 7) is 2.97. The van der Waals surface area contributed by atoms with Gasteiger partial charge in [0, 0.05) is 31.1 Å². The topological polar surface area (TPSA) is 59.1 Å². The van der Waals surface area contributed by atoms with Crippen molar-refractivity contribution in [2.45, 2.75) is 18.9 Å². The third kappa shape index (κ3) is 4.49. The van der Waals surface area contributed by atoms with Gasteiger partial charge in [0.1, 0.15) is 11.9 Å². The van der Waals surface area contributed by atoms with Crippen LogP contribution < -0.4 is 4.74 Å². The smallest absolute Gasteiger partial charge is 0.253 e. The van der Waals surface area contributed by atoms with Crippen molar-refractivity contribution in [2.24, 2.45) is 5.92 Å². The molecule has 0 radical (unpaired) electrons. The second-order valence-corrected chi connectivity index (χ2v) is 7.85. The molecule has 2 aliphatic rings. The van der Waals surface area contributed by atoms with E-state index in [0.717, 1.165) is 5.56 Å². The molecule has 2 aliphatic heterocycles. The zero-order chi connectivity index (χ0) is 20.9. The average Bonchev–Trinajstić information content (AvgIpc) is 2.84. The SMILES string of the molecule is COc1cccc(C(=O)N2CCC(C(=O)N3CCOC(c4ccccc4)C3)CC2)c1. The lowest BCUT2D eigenvalue weighted by atomic mass is 9.94. The van der Waals surface area contributed by atoms with Gasteiger partial charge in [-0.3, -0.25) is 9.59 Å². The number of methoxy groups -OCH3 is 1. The lowest BCUT2D eigenvalue weighted by Gasteiger charge is -2.38. The average molecular weight is 408 g/mol. The fourth-order valence-corrected chi connectivity index (χ4v) is 4.25. The van der Waals surface area contributed by atoms with Crippen LogP contribution in [0, 0.1) is 5.92 Å². The fraction of sp³-hybridized carbons (Fsp3) is 0.417. The number of nitrogens with zero attached hydrogens (tertiary/aromatic N) is 2. The first-order chi connectivity index (χ1) is 14.7. The zero-order valence-corrected chi connectivity index (χ0v) is 17.3. The van der Waals surface area contributed by atoms with Gasteiger partial charge in [0.25, 0.3) is 5.91 Å². The Bertz CT molecular complexity index is 878. The summed E-state index contributed by atoms with van der Waals surface area (Å²) >= 11 is 0. The largest absolute Gasteiger partial charge is 0.497 e. The van der Waals surface area contributed by atoms with E-state index in [-0.39, 0.29) is 23.8 Å². The molecular formula is C24H28N2O4. The normalized spacial score (nSPS) is 20.1. The van der Waals surface area contributed by atoms with Gasteiger partial charge in [0.2, 0.25) is 5.91 Å². The highest BCUT2D eigenvalue weighted by Gasteiger charge is 2.33. The fourth-order valence-electron chi connectivity index (χ4n) is 4.25. The Morgan fingerprint density at radius 2 is 1.73 bits per heavy atom. The summed E-state index contributed by atoms with van der Waals surface area (Å²) in [4.78, 5) is 29.7. The number of hydrogen-bond acceptors (Lipinski definition) is 4. The lowest BCUT2D eigenvalue weighted by Crippen LogP contribution is -2.48. The molecule has 0 bridgehead atoms. The minimum Gasteiger partial charge on any atom is -0.497 e. The van der Waals surface area contributed by atoms with Gasteiger partial charge >= 0.3 is 0 Å². The summed E-state index contributed by atoms with van der Waals surface area (Å²) in [5, 5.41) is 0. The van der Waals surface area contributed by atoms with E-state index in [1.807, 2.05) is 52.3 Å². The van der Waals surface area contributed by atoms with Crippen LogP contribution in [-0.2, 0) is 9.53 Å². The summed E-state index contributed by atoms with van der Waals surface area (Å²) in [5.41, 5.74) is 1.73. The number of likely N-dealkylation sites (tertiary alicyclic amines) is 1. The van der Waals surface area contributed by atoms with E-state index >= 15 is 0 Å². The van der Waals surface area contributed by atoms with E-state index in [4.69, 9.17) is 9.47 Å². The molecule has 0 saturated carbocycles. The molecule has 4 rings (SSSR count). The molecule has 30 heavy (non-hydrogen) atoms. The van der Waals surface area contributed by atoms with E-state index in [1.54, 1.807) is 19.2 Å². The van der Waals surface area contributed by atoms with Gasteiger partial charge in [0.05, 0.1) is 20.3 Å². The molecule has 0 aromatic heterocycles. The van der Waals surface area contributed by atoms with Gasteiger partial charge in [0.15, 0.2) is 0 Å². The highest BCUT2D eigenvalue weighted by molar-refractivity contribution is 5.94. The molecule has 6 heteroatoms. The Morgan fingerprint density at radius 3 is 2.47 bits per heavy atom. The van der Waals surface area contributed by atoms with Crippen LogP contribution in [0.15, 0.2) is 54.6 Å². The van der Waals surface area contributed by atoms with E-state index < -0.39 is 0 Å². The van der Waals surface area contributed by atoms with Crippen LogP contribution >= 0.6 is 0 Å². The maximum Gasteiger partial charge on any atom is 0.253 e. The predicted molar refractivity (Wildman–Crippen MR) is 113 cm³/mol. The van der Waals surface area contributed by atoms with E-state index in [9.17, 15) is 9.59 Å². The minimum atomic E-state index is -0.0707. The molecule has 0 spiro atoms. The van der Waals surface area contributed by atoms with Crippen molar-refractivity contribution in [2.75, 3.05) is 39.9 Å². The van der Waals surface area contributed by atoms with Crippen molar-refractivity contribution in [3.63, 3.8) is 0 Å². The van der Waals surface area contributed by atoms with E-state index in [1.165, 1.54) is 0 Å². The Kier molecular flexibility index (Phi) is 6.33. The van der Waals surface area contributed by atoms with Crippen molar-refractivity contribution < 1.29 is 19.1 Å². The molecule has 1 unspecified atom stereocenters. The number of benzene rings is 2. The number of rotatable bonds is 4. The lowest BCUT2D eigenvalue weighted by molar-refractivity contribution is -0.144. The molecular weight excluding hydrogens is 380 g/mol. The molecule has 2 aromatic rings. The minimum absolute atomic E-state index is 0.00434. The Labute approximate surface area is 177 Å². The van der Waals surface area contributed by atoms with Crippen molar-refractivity contribution in [1.82, 2.24) is 9.80 Å². The highest BCUT2D eigenvalue weighted by Crippen LogP contribution is 2.26. The Balaban J connectivity index is 1.33. The number of amides is 2. The second kappa shape index (κ2) is 9.30. The zero-order valence-electron chi connectivity index (χ0n) is 17.3. The molecule has 158 valence electrons.